The molecule has 2 unspecified atom stereocenters. The number of aromatic hydroxyl groups is 1. The number of aliphatic hydroxyl groups is 1. The van der Waals surface area contributed by atoms with Crippen LogP contribution in [-0.2, 0) is 41.4 Å². The van der Waals surface area contributed by atoms with Crippen molar-refractivity contribution in [1.82, 2.24) is 0 Å². The van der Waals surface area contributed by atoms with Crippen molar-refractivity contribution in [2.75, 3.05) is 97.1 Å². The minimum atomic E-state index is -0.843. The summed E-state index contributed by atoms with van der Waals surface area (Å²) in [6.45, 7) is 1.26. The van der Waals surface area contributed by atoms with Gasteiger partial charge in [-0.05, 0) is 147 Å². The molecule has 0 spiro atoms. The Balaban J connectivity index is 0.000000121. The molecule has 22 heteroatoms. The molecule has 2 N–H and O–H groups in total. The Morgan fingerprint density at radius 3 is 1.18 bits per heavy atom. The Hall–Kier alpha value is -9.83. The number of esters is 3. The molecule has 0 amide bonds. The second-order valence-electron chi connectivity index (χ2n) is 21.5. The average molecular weight is 1190 g/mol. The van der Waals surface area contributed by atoms with Crippen molar-refractivity contribution in [1.29, 1.82) is 0 Å². The third kappa shape index (κ3) is 9.40. The molecule has 6 atom stereocenters. The Morgan fingerprint density at radius 1 is 0.414 bits per heavy atom. The van der Waals surface area contributed by atoms with Crippen LogP contribution >= 0.6 is 0 Å². The molecular formula is C65H60O22. The first-order chi connectivity index (χ1) is 42.3. The van der Waals surface area contributed by atoms with Crippen LogP contribution in [0.5, 0.6) is 86.2 Å². The van der Waals surface area contributed by atoms with Crippen LogP contribution in [0.1, 0.15) is 73.9 Å². The Morgan fingerprint density at radius 2 is 0.782 bits per heavy atom. The van der Waals surface area contributed by atoms with Gasteiger partial charge in [-0.2, -0.15) is 0 Å². The number of carbonyl (C=O) groups excluding carboxylic acids is 3. The fourth-order valence-electron chi connectivity index (χ4n) is 13.3. The largest absolute Gasteiger partial charge is 0.502 e. The van der Waals surface area contributed by atoms with Crippen LogP contribution in [0.2, 0.25) is 0 Å². The highest BCUT2D eigenvalue weighted by Crippen LogP contribution is 2.57. The lowest BCUT2D eigenvalue weighted by Gasteiger charge is -2.37. The van der Waals surface area contributed by atoms with E-state index in [1.165, 1.54) is 21.3 Å². The highest BCUT2D eigenvalue weighted by molar-refractivity contribution is 5.96. The zero-order valence-electron chi connectivity index (χ0n) is 48.6. The maximum Gasteiger partial charge on any atom is 0.335 e. The lowest BCUT2D eigenvalue weighted by atomic mass is 9.66. The van der Waals surface area contributed by atoms with E-state index in [9.17, 15) is 24.6 Å². The molecular weight excluding hydrogens is 1130 g/mol. The number of cyclic esters (lactones) is 3. The summed E-state index contributed by atoms with van der Waals surface area (Å²) in [5.74, 6) is 4.45. The summed E-state index contributed by atoms with van der Waals surface area (Å²) in [4.78, 5) is 37.9. The molecule has 3 aliphatic carbocycles. The monoisotopic (exact) mass is 1190 g/mol. The molecule has 6 aromatic carbocycles. The van der Waals surface area contributed by atoms with Crippen LogP contribution in [0.15, 0.2) is 95.1 Å². The van der Waals surface area contributed by atoms with Crippen molar-refractivity contribution in [3.8, 4) is 86.2 Å². The average Bonchev–Trinajstić information content (AvgIpc) is 1.83. The third-order valence-corrected chi connectivity index (χ3v) is 17.3. The van der Waals surface area contributed by atoms with Gasteiger partial charge in [-0.3, -0.25) is 4.79 Å². The van der Waals surface area contributed by atoms with E-state index >= 15 is 0 Å². The molecule has 1 fully saturated rings. The number of phenols is 1. The van der Waals surface area contributed by atoms with Crippen LogP contribution in [0, 0.1) is 11.8 Å². The van der Waals surface area contributed by atoms with E-state index in [2.05, 4.69) is 0 Å². The number of fused-ring (bicyclic) bond motifs is 7. The normalized spacial score (nSPS) is 21.4. The SMILES string of the molecule is COc1cc([C@@H]2c3cc4c(cc3[C@H](O)C3COC(=O)C32)OCO4)cc(OC)c1OC.COc1cc([C@H]2C3=C(COC3=O)Cc3cc4c(cc32)OCO4)cc(OC)c1O.COc1cc([C@H]2C3=C(COC3=O)Cc3cc4c(cc32)OCO4)cc(OC)c1OC. The number of ether oxygens (including phenoxy) is 17. The van der Waals surface area contributed by atoms with Gasteiger partial charge in [0, 0.05) is 23.7 Å². The molecule has 6 aromatic rings. The number of methoxy groups -OCH3 is 8. The Labute approximate surface area is 498 Å². The second-order valence-corrected chi connectivity index (χ2v) is 21.5. The molecule has 22 nitrogen and oxygen atoms in total. The number of carbonyl (C=O) groups is 3. The maximum absolute atomic E-state index is 12.7. The molecule has 0 saturated carbocycles. The highest BCUT2D eigenvalue weighted by Gasteiger charge is 2.53. The van der Waals surface area contributed by atoms with Gasteiger partial charge in [-0.25, -0.2) is 9.59 Å². The quantitative estimate of drug-likeness (QED) is 0.0919. The summed E-state index contributed by atoms with van der Waals surface area (Å²) in [6.07, 6.45) is 0.424. The predicted octanol–water partition coefficient (Wildman–Crippen LogP) is 8.07. The summed E-state index contributed by atoms with van der Waals surface area (Å²) < 4.78 is 92.9. The van der Waals surface area contributed by atoms with Crippen LogP contribution in [-0.4, -0.2) is 125 Å². The van der Waals surface area contributed by atoms with E-state index in [0.29, 0.717) is 99.4 Å². The van der Waals surface area contributed by atoms with Crippen LogP contribution in [0.25, 0.3) is 0 Å². The second kappa shape index (κ2) is 22.5. The molecule has 9 aliphatic rings. The molecule has 15 rings (SSSR count). The number of hydrogen-bond acceptors (Lipinski definition) is 22. The first-order valence-electron chi connectivity index (χ1n) is 27.8. The molecule has 6 aliphatic heterocycles. The number of phenolic OH excluding ortho intramolecular Hbond substituents is 1. The van der Waals surface area contributed by atoms with E-state index in [1.54, 1.807) is 53.7 Å². The predicted molar refractivity (Wildman–Crippen MR) is 303 cm³/mol. The Kier molecular flexibility index (Phi) is 14.6. The standard InChI is InChI=1S/C22H22O8.C22H20O7.C21H18O7/c1-25-16-4-10(5-17(26-2)21(16)27-3)18-11-6-14-15(30-9-29-14)7-12(11)20(23)13-8-28-22(24)19(13)18;1-24-17-6-12(7-18(25-2)21(17)26-3)19-14-8-16-15(28-10-29-16)5-11(14)4-13-9-27-22(23)20(13)19;1-24-16-5-11(6-17(25-2)20(16)22)18-13-7-15-14(27-9-28-15)4-10(13)3-12-8-26-21(23)19(12)18/h4-7,13,18-20,23H,8-9H2,1-3H3;5-8,19H,4,9-10H2,1-3H3;4-7,18,22H,3,8-9H2,1-2H3/t13?,18-,19?,20+;19-;18-/m111/s1. The molecule has 87 heavy (non-hydrogen) atoms. The van der Waals surface area contributed by atoms with Gasteiger partial charge in [-0.1, -0.05) is 0 Å². The Bertz CT molecular complexity index is 3820. The van der Waals surface area contributed by atoms with E-state index in [-0.39, 0.29) is 92.4 Å². The van der Waals surface area contributed by atoms with Crippen LogP contribution in [0.3, 0.4) is 0 Å². The smallest absolute Gasteiger partial charge is 0.335 e. The number of benzene rings is 6. The van der Waals surface area contributed by atoms with Crippen molar-refractivity contribution in [2.24, 2.45) is 11.8 Å². The van der Waals surface area contributed by atoms with Gasteiger partial charge in [0.1, 0.15) is 13.2 Å². The van der Waals surface area contributed by atoms with Gasteiger partial charge in [0.25, 0.3) is 0 Å². The summed E-state index contributed by atoms with van der Waals surface area (Å²) in [5, 5.41) is 21.3. The minimum absolute atomic E-state index is 0.0846. The van der Waals surface area contributed by atoms with Crippen LogP contribution < -0.4 is 66.3 Å². The van der Waals surface area contributed by atoms with Crippen molar-refractivity contribution < 1.29 is 105 Å². The summed E-state index contributed by atoms with van der Waals surface area (Å²) in [5.41, 5.74) is 11.2. The van der Waals surface area contributed by atoms with Crippen molar-refractivity contribution in [3.05, 3.63) is 145 Å². The molecule has 0 bridgehead atoms. The number of aliphatic hydroxyl groups excluding tert-OH is 1. The van der Waals surface area contributed by atoms with Gasteiger partial charge in [0.15, 0.2) is 69.0 Å². The van der Waals surface area contributed by atoms with Gasteiger partial charge >= 0.3 is 17.9 Å². The molecule has 0 radical (unpaired) electrons. The third-order valence-electron chi connectivity index (χ3n) is 17.3. The maximum atomic E-state index is 12.7. The summed E-state index contributed by atoms with van der Waals surface area (Å²) in [7, 11) is 12.3. The number of rotatable bonds is 11. The summed E-state index contributed by atoms with van der Waals surface area (Å²) in [6, 6.07) is 22.3. The highest BCUT2D eigenvalue weighted by atomic mass is 16.7. The fraction of sp³-hybridized carbons (Fsp3) is 0.338. The van der Waals surface area contributed by atoms with Gasteiger partial charge in [0.05, 0.1) is 86.7 Å². The molecule has 452 valence electrons. The van der Waals surface area contributed by atoms with Gasteiger partial charge in [-0.15, -0.1) is 0 Å². The fourth-order valence-corrected chi connectivity index (χ4v) is 13.3. The zero-order valence-corrected chi connectivity index (χ0v) is 48.6. The van der Waals surface area contributed by atoms with E-state index in [1.807, 2.05) is 54.6 Å². The lowest BCUT2D eigenvalue weighted by Crippen LogP contribution is -2.34. The minimum Gasteiger partial charge on any atom is -0.502 e. The first kappa shape index (κ1) is 56.3. The zero-order chi connectivity index (χ0) is 60.5. The van der Waals surface area contributed by atoms with Gasteiger partial charge in [0.2, 0.25) is 37.6 Å². The van der Waals surface area contributed by atoms with Crippen molar-refractivity contribution >= 4 is 17.9 Å². The van der Waals surface area contributed by atoms with Crippen molar-refractivity contribution in [2.45, 2.75) is 36.7 Å². The van der Waals surface area contributed by atoms with E-state index in [0.717, 1.165) is 61.4 Å². The topological polar surface area (TPSA) is 249 Å². The molecule has 6 heterocycles. The van der Waals surface area contributed by atoms with E-state index in [4.69, 9.17) is 80.5 Å². The molecule has 1 saturated heterocycles. The first-order valence-corrected chi connectivity index (χ1v) is 27.8. The number of hydrogen-bond donors (Lipinski definition) is 2. The molecule has 0 aromatic heterocycles. The summed E-state index contributed by atoms with van der Waals surface area (Å²) >= 11 is 0. The van der Waals surface area contributed by atoms with Gasteiger partial charge < -0.3 is 90.7 Å². The van der Waals surface area contributed by atoms with Crippen molar-refractivity contribution in [3.63, 3.8) is 0 Å². The lowest BCUT2D eigenvalue weighted by molar-refractivity contribution is -0.142. The van der Waals surface area contributed by atoms with E-state index < -0.39 is 12.0 Å². The van der Waals surface area contributed by atoms with Crippen LogP contribution in [0.4, 0.5) is 0 Å².